The second-order valence-electron chi connectivity index (χ2n) is 2.30. The molecule has 0 heterocycles. The molecule has 0 aliphatic carbocycles. The monoisotopic (exact) mass is 240 g/mol. The molecule has 3 heteroatoms. The van der Waals surface area contributed by atoms with Gasteiger partial charge in [0.2, 0.25) is 0 Å². The van der Waals surface area contributed by atoms with Gasteiger partial charge in [-0.25, -0.2) is 4.79 Å². The zero-order valence-corrected chi connectivity index (χ0v) is 8.53. The van der Waals surface area contributed by atoms with E-state index in [0.717, 1.165) is 0 Å². The minimum Gasteiger partial charge on any atom is -0.431 e. The molecule has 0 atom stereocenters. The summed E-state index contributed by atoms with van der Waals surface area (Å²) in [5.74, 6) is -0.335. The molecule has 0 spiro atoms. The van der Waals surface area contributed by atoms with Crippen molar-refractivity contribution in [1.82, 2.24) is 0 Å². The fourth-order valence-electron chi connectivity index (χ4n) is 0.789. The van der Waals surface area contributed by atoms with E-state index in [1.807, 2.05) is 6.07 Å². The summed E-state index contributed by atoms with van der Waals surface area (Å²) in [4.78, 5) is 11.2. The first kappa shape index (κ1) is 9.99. The van der Waals surface area contributed by atoms with Crippen molar-refractivity contribution in [3.8, 4) is 0 Å². The van der Waals surface area contributed by atoms with Crippen LogP contribution in [-0.4, -0.2) is 11.3 Å². The van der Waals surface area contributed by atoms with Gasteiger partial charge in [0.05, 0.1) is 11.8 Å². The van der Waals surface area contributed by atoms with Crippen molar-refractivity contribution >= 4 is 21.9 Å². The molecule has 0 saturated heterocycles. The number of carbonyl (C=O) groups is 1. The molecule has 0 bridgehead atoms. The molecular formula is C10H9BrO2. The van der Waals surface area contributed by atoms with E-state index in [9.17, 15) is 4.79 Å². The fraction of sp³-hybridized carbons (Fsp3) is 0.100. The largest absolute Gasteiger partial charge is 0.431 e. The number of rotatable bonds is 3. The summed E-state index contributed by atoms with van der Waals surface area (Å²) in [6, 6.07) is 8.87. The highest BCUT2D eigenvalue weighted by Crippen LogP contribution is 2.01. The Kier molecular flexibility index (Phi) is 4.26. The van der Waals surface area contributed by atoms with Crippen LogP contribution >= 0.6 is 15.9 Å². The Hall–Kier alpha value is -1.09. The summed E-state index contributed by atoms with van der Waals surface area (Å²) in [6.07, 6.45) is 3.09. The number of ether oxygens (including phenoxy) is 1. The van der Waals surface area contributed by atoms with Crippen LogP contribution in [0, 0.1) is 0 Å². The predicted molar refractivity (Wildman–Crippen MR) is 54.8 cm³/mol. The number of benzene rings is 1. The van der Waals surface area contributed by atoms with Crippen LogP contribution in [-0.2, 0) is 4.74 Å². The number of hydrogen-bond acceptors (Lipinski definition) is 2. The van der Waals surface area contributed by atoms with Crippen LogP contribution in [0.3, 0.4) is 0 Å². The second-order valence-corrected chi connectivity index (χ2v) is 2.94. The minimum atomic E-state index is -0.335. The van der Waals surface area contributed by atoms with Gasteiger partial charge in [-0.1, -0.05) is 34.1 Å². The van der Waals surface area contributed by atoms with Crippen molar-refractivity contribution in [2.45, 2.75) is 0 Å². The normalized spacial score (nSPS) is 10.2. The predicted octanol–water partition coefficient (Wildman–Crippen LogP) is 2.75. The molecule has 0 aliphatic rings. The van der Waals surface area contributed by atoms with Gasteiger partial charge in [0.25, 0.3) is 0 Å². The van der Waals surface area contributed by atoms with E-state index >= 15 is 0 Å². The molecule has 68 valence electrons. The molecule has 0 aliphatic heterocycles. The van der Waals surface area contributed by atoms with E-state index in [4.69, 9.17) is 4.74 Å². The van der Waals surface area contributed by atoms with Crippen LogP contribution in [0.25, 0.3) is 0 Å². The molecule has 0 saturated carbocycles. The Morgan fingerprint density at radius 1 is 1.38 bits per heavy atom. The summed E-state index contributed by atoms with van der Waals surface area (Å²) in [6.45, 7) is 0. The van der Waals surface area contributed by atoms with E-state index in [-0.39, 0.29) is 5.97 Å². The first-order valence-corrected chi connectivity index (χ1v) is 4.93. The zero-order valence-electron chi connectivity index (χ0n) is 6.94. The number of esters is 1. The summed E-state index contributed by atoms with van der Waals surface area (Å²) in [7, 11) is 0. The Balaban J connectivity index is 2.54. The van der Waals surface area contributed by atoms with Crippen LogP contribution in [0.1, 0.15) is 10.4 Å². The number of hydrogen-bond donors (Lipinski definition) is 0. The molecule has 13 heavy (non-hydrogen) atoms. The van der Waals surface area contributed by atoms with Crippen LogP contribution in [0.2, 0.25) is 0 Å². The second kappa shape index (κ2) is 5.54. The molecule has 1 aromatic carbocycles. The standard InChI is InChI=1S/C10H9BrO2/c11-7-4-8-13-10(12)9-5-2-1-3-6-9/h1-6,8H,7H2/b8-4-. The smallest absolute Gasteiger partial charge is 0.342 e. The molecule has 0 N–H and O–H groups in total. The van der Waals surface area contributed by atoms with Gasteiger partial charge in [0.15, 0.2) is 0 Å². The average Bonchev–Trinajstić information content (AvgIpc) is 2.19. The van der Waals surface area contributed by atoms with E-state index in [1.54, 1.807) is 30.3 Å². The summed E-state index contributed by atoms with van der Waals surface area (Å²) < 4.78 is 4.82. The zero-order chi connectivity index (χ0) is 9.52. The third-order valence-corrected chi connectivity index (χ3v) is 1.74. The maximum atomic E-state index is 11.2. The lowest BCUT2D eigenvalue weighted by atomic mass is 10.2. The van der Waals surface area contributed by atoms with Gasteiger partial charge >= 0.3 is 5.97 Å². The molecule has 1 aromatic rings. The Bertz CT molecular complexity index is 293. The lowest BCUT2D eigenvalue weighted by Gasteiger charge is -1.97. The molecule has 0 radical (unpaired) electrons. The van der Waals surface area contributed by atoms with E-state index in [0.29, 0.717) is 10.9 Å². The van der Waals surface area contributed by atoms with Gasteiger partial charge < -0.3 is 4.74 Å². The summed E-state index contributed by atoms with van der Waals surface area (Å²) in [5.41, 5.74) is 0.557. The van der Waals surface area contributed by atoms with Crippen molar-refractivity contribution in [2.75, 3.05) is 5.33 Å². The highest BCUT2D eigenvalue weighted by molar-refractivity contribution is 9.09. The van der Waals surface area contributed by atoms with Crippen molar-refractivity contribution < 1.29 is 9.53 Å². The van der Waals surface area contributed by atoms with Crippen LogP contribution in [0.5, 0.6) is 0 Å². The number of carbonyl (C=O) groups excluding carboxylic acids is 1. The molecule has 0 fully saturated rings. The topological polar surface area (TPSA) is 26.3 Å². The first-order chi connectivity index (χ1) is 6.34. The number of halogens is 1. The number of alkyl halides is 1. The minimum absolute atomic E-state index is 0.335. The van der Waals surface area contributed by atoms with Crippen molar-refractivity contribution in [2.24, 2.45) is 0 Å². The van der Waals surface area contributed by atoms with Crippen molar-refractivity contribution in [1.29, 1.82) is 0 Å². The Morgan fingerprint density at radius 3 is 2.69 bits per heavy atom. The molecular weight excluding hydrogens is 232 g/mol. The van der Waals surface area contributed by atoms with E-state index in [1.165, 1.54) is 6.26 Å². The first-order valence-electron chi connectivity index (χ1n) is 3.81. The Labute approximate surface area is 85.3 Å². The summed E-state index contributed by atoms with van der Waals surface area (Å²) in [5, 5.41) is 0.676. The third kappa shape index (κ3) is 3.42. The molecule has 0 aromatic heterocycles. The highest BCUT2D eigenvalue weighted by Gasteiger charge is 2.02. The van der Waals surface area contributed by atoms with E-state index < -0.39 is 0 Å². The quantitative estimate of drug-likeness (QED) is 0.462. The van der Waals surface area contributed by atoms with Crippen molar-refractivity contribution in [3.05, 3.63) is 48.2 Å². The van der Waals surface area contributed by atoms with Crippen LogP contribution in [0.15, 0.2) is 42.7 Å². The molecule has 2 nitrogen and oxygen atoms in total. The lowest BCUT2D eigenvalue weighted by Crippen LogP contribution is -1.99. The van der Waals surface area contributed by atoms with E-state index in [2.05, 4.69) is 15.9 Å². The molecule has 0 amide bonds. The molecule has 0 unspecified atom stereocenters. The van der Waals surface area contributed by atoms with Gasteiger partial charge in [-0.2, -0.15) is 0 Å². The molecule has 1 rings (SSSR count). The van der Waals surface area contributed by atoms with Gasteiger partial charge in [-0.3, -0.25) is 0 Å². The third-order valence-electron chi connectivity index (χ3n) is 1.37. The average molecular weight is 241 g/mol. The fourth-order valence-corrected chi connectivity index (χ4v) is 0.941. The lowest BCUT2D eigenvalue weighted by molar-refractivity contribution is 0.0663. The highest BCUT2D eigenvalue weighted by atomic mass is 79.9. The van der Waals surface area contributed by atoms with Crippen molar-refractivity contribution in [3.63, 3.8) is 0 Å². The number of allylic oxidation sites excluding steroid dienone is 1. The SMILES string of the molecule is O=C(O/C=C\CBr)c1ccccc1. The Morgan fingerprint density at radius 2 is 2.08 bits per heavy atom. The van der Waals surface area contributed by atoms with Gasteiger partial charge in [0, 0.05) is 5.33 Å². The van der Waals surface area contributed by atoms with Gasteiger partial charge in [-0.15, -0.1) is 0 Å². The van der Waals surface area contributed by atoms with Crippen LogP contribution in [0.4, 0.5) is 0 Å². The maximum absolute atomic E-state index is 11.2. The van der Waals surface area contributed by atoms with Gasteiger partial charge in [-0.05, 0) is 18.2 Å². The van der Waals surface area contributed by atoms with Crippen LogP contribution < -0.4 is 0 Å². The van der Waals surface area contributed by atoms with Gasteiger partial charge in [0.1, 0.15) is 0 Å². The summed E-state index contributed by atoms with van der Waals surface area (Å²) >= 11 is 3.18. The maximum Gasteiger partial charge on any atom is 0.342 e.